The predicted octanol–water partition coefficient (Wildman–Crippen LogP) is 3.77. The molecular weight excluding hydrogens is 442 g/mol. The van der Waals surface area contributed by atoms with Crippen LogP contribution in [0.15, 0.2) is 32.2 Å². The summed E-state index contributed by atoms with van der Waals surface area (Å²) < 4.78 is 16.9. The number of methoxy groups -OCH3 is 3. The number of nitrogens with zero attached hydrogens (tertiary/aromatic N) is 5. The quantitative estimate of drug-likeness (QED) is 0.215. The van der Waals surface area contributed by atoms with E-state index in [0.717, 1.165) is 0 Å². The third-order valence-corrected chi connectivity index (χ3v) is 6.23. The van der Waals surface area contributed by atoms with Crippen LogP contribution in [0.25, 0.3) is 11.3 Å². The molecule has 1 aromatic carbocycles. The Bertz CT molecular complexity index is 1100. The van der Waals surface area contributed by atoms with Crippen LogP contribution in [-0.2, 0) is 0 Å². The molecule has 0 saturated carbocycles. The van der Waals surface area contributed by atoms with Crippen LogP contribution in [0.4, 0.5) is 0 Å². The molecule has 2 aromatic heterocycles. The summed E-state index contributed by atoms with van der Waals surface area (Å²) in [7, 11) is 4.57. The van der Waals surface area contributed by atoms with Crippen molar-refractivity contribution in [1.82, 2.24) is 20.2 Å². The average molecular weight is 458 g/mol. The van der Waals surface area contributed by atoms with Gasteiger partial charge in [-0.25, -0.2) is 9.97 Å². The molecule has 0 aliphatic carbocycles. The van der Waals surface area contributed by atoms with E-state index < -0.39 is 0 Å². The van der Waals surface area contributed by atoms with E-state index in [1.807, 2.05) is 0 Å². The minimum atomic E-state index is 0.300. The summed E-state index contributed by atoms with van der Waals surface area (Å²) in [5, 5.41) is 18.7. The lowest BCUT2D eigenvalue weighted by Crippen LogP contribution is -2.01. The van der Waals surface area contributed by atoms with E-state index in [1.165, 1.54) is 56.2 Å². The van der Waals surface area contributed by atoms with Crippen molar-refractivity contribution in [2.75, 3.05) is 27.1 Å². The molecule has 0 saturated heterocycles. The Balaban J connectivity index is 2.22. The van der Waals surface area contributed by atoms with E-state index in [9.17, 15) is 5.26 Å². The second kappa shape index (κ2) is 10.2. The standard InChI is InChI=1S/C19H15N5O3S3/c1-5-6-28-18-22-15(11-7-13(25-2)16(27-4)14(8-11)26-3)12(9-20)17(23-18)30-19-24-21-10-29-19/h1,7-8,10H,6H2,2-4H3. The van der Waals surface area contributed by atoms with Crippen molar-refractivity contribution in [1.29, 1.82) is 5.26 Å². The third kappa shape index (κ3) is 4.60. The summed E-state index contributed by atoms with van der Waals surface area (Å²) in [5.74, 6) is 4.29. The zero-order valence-corrected chi connectivity index (χ0v) is 18.7. The Morgan fingerprint density at radius 2 is 1.87 bits per heavy atom. The van der Waals surface area contributed by atoms with E-state index in [1.54, 1.807) is 17.6 Å². The van der Waals surface area contributed by atoms with Gasteiger partial charge in [-0.15, -0.1) is 16.6 Å². The van der Waals surface area contributed by atoms with Crippen molar-refractivity contribution in [2.24, 2.45) is 0 Å². The largest absolute Gasteiger partial charge is 0.493 e. The molecule has 3 aromatic rings. The molecule has 30 heavy (non-hydrogen) atoms. The van der Waals surface area contributed by atoms with E-state index >= 15 is 0 Å². The van der Waals surface area contributed by atoms with Crippen molar-refractivity contribution in [3.8, 4) is 46.9 Å². The van der Waals surface area contributed by atoms with E-state index in [0.29, 0.717) is 54.3 Å². The number of hydrogen-bond donors (Lipinski definition) is 0. The third-order valence-electron chi connectivity index (χ3n) is 3.71. The van der Waals surface area contributed by atoms with Gasteiger partial charge in [0.2, 0.25) is 5.75 Å². The summed E-state index contributed by atoms with van der Waals surface area (Å²) in [5.41, 5.74) is 2.96. The number of thioether (sulfide) groups is 1. The van der Waals surface area contributed by atoms with Gasteiger partial charge < -0.3 is 14.2 Å². The smallest absolute Gasteiger partial charge is 0.203 e. The van der Waals surface area contributed by atoms with Gasteiger partial charge in [-0.2, -0.15) is 5.26 Å². The Kier molecular flexibility index (Phi) is 7.36. The first-order valence-electron chi connectivity index (χ1n) is 8.27. The highest BCUT2D eigenvalue weighted by Gasteiger charge is 2.22. The van der Waals surface area contributed by atoms with Gasteiger partial charge in [-0.3, -0.25) is 0 Å². The zero-order valence-electron chi connectivity index (χ0n) is 16.2. The predicted molar refractivity (Wildman–Crippen MR) is 115 cm³/mol. The van der Waals surface area contributed by atoms with Crippen molar-refractivity contribution < 1.29 is 14.2 Å². The minimum absolute atomic E-state index is 0.300. The highest BCUT2D eigenvalue weighted by atomic mass is 32.2. The number of aromatic nitrogens is 4. The maximum absolute atomic E-state index is 9.91. The molecule has 0 unspecified atom stereocenters. The normalized spacial score (nSPS) is 10.2. The molecule has 0 amide bonds. The number of ether oxygens (including phenoxy) is 3. The van der Waals surface area contributed by atoms with Gasteiger partial charge in [0.05, 0.1) is 32.8 Å². The maximum Gasteiger partial charge on any atom is 0.203 e. The van der Waals surface area contributed by atoms with Gasteiger partial charge in [0.15, 0.2) is 21.0 Å². The van der Waals surface area contributed by atoms with Crippen LogP contribution in [-0.4, -0.2) is 47.2 Å². The Morgan fingerprint density at radius 3 is 2.40 bits per heavy atom. The van der Waals surface area contributed by atoms with Crippen LogP contribution in [0, 0.1) is 23.7 Å². The van der Waals surface area contributed by atoms with Gasteiger partial charge in [0.25, 0.3) is 0 Å². The van der Waals surface area contributed by atoms with Crippen LogP contribution in [0.3, 0.4) is 0 Å². The molecule has 8 nitrogen and oxygen atoms in total. The SMILES string of the molecule is C#CCSc1nc(Sc2nncs2)c(C#N)c(-c2cc(OC)c(OC)c(OC)c2)n1. The summed E-state index contributed by atoms with van der Waals surface area (Å²) in [4.78, 5) is 9.09. The second-order valence-corrected chi connectivity index (χ2v) is 8.37. The fraction of sp³-hybridized carbons (Fsp3) is 0.211. The Morgan fingerprint density at radius 1 is 1.13 bits per heavy atom. The van der Waals surface area contributed by atoms with Crippen LogP contribution < -0.4 is 14.2 Å². The number of nitriles is 1. The lowest BCUT2D eigenvalue weighted by molar-refractivity contribution is 0.324. The fourth-order valence-corrected chi connectivity index (χ4v) is 4.53. The van der Waals surface area contributed by atoms with Gasteiger partial charge in [-0.05, 0) is 23.9 Å². The molecule has 152 valence electrons. The number of rotatable bonds is 8. The molecule has 0 radical (unpaired) electrons. The second-order valence-electron chi connectivity index (χ2n) is 5.36. The van der Waals surface area contributed by atoms with Gasteiger partial charge in [0, 0.05) is 5.56 Å². The van der Waals surface area contributed by atoms with Crippen molar-refractivity contribution in [3.05, 3.63) is 23.2 Å². The molecule has 0 atom stereocenters. The molecular formula is C19H15N5O3S3. The highest BCUT2D eigenvalue weighted by Crippen LogP contribution is 2.43. The number of terminal acetylenes is 1. The van der Waals surface area contributed by atoms with Crippen LogP contribution >= 0.6 is 34.9 Å². The van der Waals surface area contributed by atoms with Crippen molar-refractivity contribution in [2.45, 2.75) is 14.5 Å². The first-order valence-corrected chi connectivity index (χ1v) is 11.0. The van der Waals surface area contributed by atoms with Crippen LogP contribution in [0.1, 0.15) is 5.56 Å². The van der Waals surface area contributed by atoms with Crippen LogP contribution in [0.5, 0.6) is 17.2 Å². The molecule has 0 bridgehead atoms. The van der Waals surface area contributed by atoms with Gasteiger partial charge in [-0.1, -0.05) is 29.0 Å². The summed E-state index contributed by atoms with van der Waals surface area (Å²) in [6.07, 6.45) is 5.39. The van der Waals surface area contributed by atoms with E-state index in [4.69, 9.17) is 20.6 Å². The molecule has 0 spiro atoms. The first-order chi connectivity index (χ1) is 14.6. The van der Waals surface area contributed by atoms with Crippen molar-refractivity contribution >= 4 is 34.9 Å². The summed E-state index contributed by atoms with van der Waals surface area (Å²) >= 11 is 3.91. The van der Waals surface area contributed by atoms with Crippen LogP contribution in [0.2, 0.25) is 0 Å². The molecule has 2 heterocycles. The van der Waals surface area contributed by atoms with E-state index in [-0.39, 0.29) is 0 Å². The maximum atomic E-state index is 9.91. The summed E-state index contributed by atoms with van der Waals surface area (Å²) in [6.45, 7) is 0. The molecule has 11 heteroatoms. The molecule has 0 aliphatic heterocycles. The Labute approximate surface area is 186 Å². The highest BCUT2D eigenvalue weighted by molar-refractivity contribution is 8.01. The number of hydrogen-bond acceptors (Lipinski definition) is 11. The first kappa shape index (κ1) is 21.7. The molecule has 0 N–H and O–H groups in total. The lowest BCUT2D eigenvalue weighted by atomic mass is 10.1. The minimum Gasteiger partial charge on any atom is -0.493 e. The topological polar surface area (TPSA) is 103 Å². The average Bonchev–Trinajstić information content (AvgIpc) is 3.29. The number of benzene rings is 1. The lowest BCUT2D eigenvalue weighted by Gasteiger charge is -2.15. The van der Waals surface area contributed by atoms with Gasteiger partial charge in [0.1, 0.15) is 22.2 Å². The molecule has 0 fully saturated rings. The fourth-order valence-electron chi connectivity index (χ4n) is 2.48. The van der Waals surface area contributed by atoms with Gasteiger partial charge >= 0.3 is 0 Å². The summed E-state index contributed by atoms with van der Waals surface area (Å²) in [6, 6.07) is 5.68. The van der Waals surface area contributed by atoms with E-state index in [2.05, 4.69) is 32.2 Å². The van der Waals surface area contributed by atoms with Crippen molar-refractivity contribution in [3.63, 3.8) is 0 Å². The molecule has 0 aliphatic rings. The molecule has 3 rings (SSSR count). The Hall–Kier alpha value is -2.99. The zero-order chi connectivity index (χ0) is 21.5. The monoisotopic (exact) mass is 457 g/mol.